The Kier molecular flexibility index (Phi) is 1.80. The van der Waals surface area contributed by atoms with Crippen molar-refractivity contribution in [2.24, 2.45) is 0 Å². The number of alkyl halides is 3. The highest BCUT2D eigenvalue weighted by Gasteiger charge is 2.31. The van der Waals surface area contributed by atoms with Gasteiger partial charge in [-0.15, -0.1) is 13.2 Å². The van der Waals surface area contributed by atoms with Crippen molar-refractivity contribution in [1.29, 1.82) is 0 Å². The van der Waals surface area contributed by atoms with E-state index in [1.807, 2.05) is 0 Å². The standard InChI is InChI=1S/C6H5F3O2/c1-4-2-5(3-10-4)11-6(7,8)9/h2-3H,1H3. The molecule has 0 amide bonds. The molecule has 2 nitrogen and oxygen atoms in total. The molecule has 0 atom stereocenters. The second-order valence-electron chi connectivity index (χ2n) is 1.94. The van der Waals surface area contributed by atoms with Crippen LogP contribution in [0.15, 0.2) is 16.7 Å². The zero-order valence-corrected chi connectivity index (χ0v) is 5.61. The summed E-state index contributed by atoms with van der Waals surface area (Å²) in [7, 11) is 0. The minimum absolute atomic E-state index is 0.324. The molecule has 0 bridgehead atoms. The largest absolute Gasteiger partial charge is 0.573 e. The Morgan fingerprint density at radius 2 is 2.09 bits per heavy atom. The molecule has 0 aliphatic carbocycles. The smallest absolute Gasteiger partial charge is 0.466 e. The zero-order valence-electron chi connectivity index (χ0n) is 5.61. The van der Waals surface area contributed by atoms with Crippen LogP contribution >= 0.6 is 0 Å². The molecule has 0 radical (unpaired) electrons. The fourth-order valence-electron chi connectivity index (χ4n) is 0.607. The first kappa shape index (κ1) is 7.97. The summed E-state index contributed by atoms with van der Waals surface area (Å²) in [5.74, 6) is 0.0549. The molecule has 0 aromatic carbocycles. The molecular weight excluding hydrogens is 161 g/mol. The third-order valence-electron chi connectivity index (χ3n) is 0.940. The van der Waals surface area contributed by atoms with Crippen LogP contribution in [0.5, 0.6) is 5.75 Å². The summed E-state index contributed by atoms with van der Waals surface area (Å²) < 4.78 is 42.6. The summed E-state index contributed by atoms with van der Waals surface area (Å²) >= 11 is 0. The molecule has 1 heterocycles. The average molecular weight is 166 g/mol. The summed E-state index contributed by atoms with van der Waals surface area (Å²) in [6.45, 7) is 1.53. The van der Waals surface area contributed by atoms with E-state index in [2.05, 4.69) is 9.15 Å². The Labute approximate surface area is 60.6 Å². The van der Waals surface area contributed by atoms with Gasteiger partial charge in [-0.05, 0) is 6.92 Å². The molecule has 0 aliphatic heterocycles. The molecular formula is C6H5F3O2. The van der Waals surface area contributed by atoms with Crippen LogP contribution in [-0.2, 0) is 0 Å². The Bertz CT molecular complexity index is 238. The van der Waals surface area contributed by atoms with E-state index in [0.717, 1.165) is 12.3 Å². The number of aryl methyl sites for hydroxylation is 1. The third kappa shape index (κ3) is 2.53. The molecule has 0 fully saturated rings. The van der Waals surface area contributed by atoms with Gasteiger partial charge >= 0.3 is 6.36 Å². The number of rotatable bonds is 1. The zero-order chi connectivity index (χ0) is 8.48. The van der Waals surface area contributed by atoms with E-state index in [9.17, 15) is 13.2 Å². The fraction of sp³-hybridized carbons (Fsp3) is 0.333. The van der Waals surface area contributed by atoms with E-state index >= 15 is 0 Å². The van der Waals surface area contributed by atoms with Gasteiger partial charge in [0.15, 0.2) is 5.75 Å². The van der Waals surface area contributed by atoms with Crippen molar-refractivity contribution in [2.75, 3.05) is 0 Å². The fourth-order valence-corrected chi connectivity index (χ4v) is 0.607. The van der Waals surface area contributed by atoms with E-state index in [1.165, 1.54) is 6.92 Å². The molecule has 0 saturated heterocycles. The second kappa shape index (κ2) is 2.48. The Hall–Kier alpha value is -1.13. The minimum atomic E-state index is -4.64. The van der Waals surface area contributed by atoms with Crippen LogP contribution in [0.3, 0.4) is 0 Å². The first-order valence-corrected chi connectivity index (χ1v) is 2.78. The van der Waals surface area contributed by atoms with Crippen LogP contribution < -0.4 is 4.74 Å². The lowest BCUT2D eigenvalue weighted by atomic mass is 10.5. The first-order chi connectivity index (χ1) is 4.97. The van der Waals surface area contributed by atoms with Gasteiger partial charge in [0.1, 0.15) is 12.0 Å². The van der Waals surface area contributed by atoms with Crippen LogP contribution in [0, 0.1) is 6.92 Å². The predicted molar refractivity (Wildman–Crippen MR) is 30.1 cm³/mol. The van der Waals surface area contributed by atoms with Gasteiger partial charge < -0.3 is 9.15 Å². The summed E-state index contributed by atoms with van der Waals surface area (Å²) in [6.07, 6.45) is -3.74. The van der Waals surface area contributed by atoms with E-state index in [0.29, 0.717) is 5.76 Å². The molecule has 0 unspecified atom stereocenters. The normalized spacial score (nSPS) is 11.6. The van der Waals surface area contributed by atoms with Crippen LogP contribution in [0.4, 0.5) is 13.2 Å². The van der Waals surface area contributed by atoms with Crippen molar-refractivity contribution in [3.05, 3.63) is 18.1 Å². The average Bonchev–Trinajstić information content (AvgIpc) is 2.10. The number of halogens is 3. The lowest BCUT2D eigenvalue weighted by Crippen LogP contribution is -2.16. The topological polar surface area (TPSA) is 22.4 Å². The third-order valence-corrected chi connectivity index (χ3v) is 0.940. The lowest BCUT2D eigenvalue weighted by molar-refractivity contribution is -0.274. The highest BCUT2D eigenvalue weighted by molar-refractivity contribution is 5.18. The highest BCUT2D eigenvalue weighted by Crippen LogP contribution is 2.23. The van der Waals surface area contributed by atoms with Crippen LogP contribution in [0.25, 0.3) is 0 Å². The van der Waals surface area contributed by atoms with Gasteiger partial charge in [0.05, 0.1) is 0 Å². The Morgan fingerprint density at radius 1 is 1.45 bits per heavy atom. The highest BCUT2D eigenvalue weighted by atomic mass is 19.4. The maximum atomic E-state index is 11.5. The van der Waals surface area contributed by atoms with Crippen LogP contribution in [0.1, 0.15) is 5.76 Å². The van der Waals surface area contributed by atoms with Gasteiger partial charge in [0.25, 0.3) is 0 Å². The molecule has 62 valence electrons. The van der Waals surface area contributed by atoms with E-state index in [4.69, 9.17) is 0 Å². The SMILES string of the molecule is Cc1cc(OC(F)(F)F)co1. The molecule has 1 aromatic rings. The van der Waals surface area contributed by atoms with Crippen molar-refractivity contribution >= 4 is 0 Å². The van der Waals surface area contributed by atoms with E-state index in [1.54, 1.807) is 0 Å². The van der Waals surface area contributed by atoms with E-state index < -0.39 is 6.36 Å². The van der Waals surface area contributed by atoms with Crippen molar-refractivity contribution in [1.82, 2.24) is 0 Å². The Balaban J connectivity index is 2.65. The molecule has 0 spiro atoms. The van der Waals surface area contributed by atoms with E-state index in [-0.39, 0.29) is 5.75 Å². The van der Waals surface area contributed by atoms with Gasteiger partial charge in [-0.25, -0.2) is 0 Å². The molecule has 0 N–H and O–H groups in total. The number of furan rings is 1. The van der Waals surface area contributed by atoms with Gasteiger partial charge in [-0.1, -0.05) is 0 Å². The summed E-state index contributed by atoms with van der Waals surface area (Å²) in [5, 5.41) is 0. The van der Waals surface area contributed by atoms with Crippen molar-refractivity contribution in [3.8, 4) is 5.75 Å². The summed E-state index contributed by atoms with van der Waals surface area (Å²) in [4.78, 5) is 0. The van der Waals surface area contributed by atoms with Crippen molar-refractivity contribution < 1.29 is 22.3 Å². The van der Waals surface area contributed by atoms with Gasteiger partial charge in [0.2, 0.25) is 0 Å². The second-order valence-corrected chi connectivity index (χ2v) is 1.94. The number of hydrogen-bond donors (Lipinski definition) is 0. The predicted octanol–water partition coefficient (Wildman–Crippen LogP) is 2.49. The maximum absolute atomic E-state index is 11.5. The monoisotopic (exact) mass is 166 g/mol. The number of ether oxygens (including phenoxy) is 1. The van der Waals surface area contributed by atoms with Gasteiger partial charge in [0, 0.05) is 6.07 Å². The Morgan fingerprint density at radius 3 is 2.45 bits per heavy atom. The van der Waals surface area contributed by atoms with Crippen LogP contribution in [0.2, 0.25) is 0 Å². The molecule has 1 aromatic heterocycles. The quantitative estimate of drug-likeness (QED) is 0.639. The van der Waals surface area contributed by atoms with Crippen molar-refractivity contribution in [3.63, 3.8) is 0 Å². The molecule has 0 saturated carbocycles. The lowest BCUT2D eigenvalue weighted by Gasteiger charge is -2.04. The number of hydrogen-bond acceptors (Lipinski definition) is 2. The maximum Gasteiger partial charge on any atom is 0.573 e. The van der Waals surface area contributed by atoms with Crippen molar-refractivity contribution in [2.45, 2.75) is 13.3 Å². The van der Waals surface area contributed by atoms with Crippen LogP contribution in [-0.4, -0.2) is 6.36 Å². The first-order valence-electron chi connectivity index (χ1n) is 2.78. The summed E-state index contributed by atoms with van der Waals surface area (Å²) in [5.41, 5.74) is 0. The summed E-state index contributed by atoms with van der Waals surface area (Å²) in [6, 6.07) is 1.16. The molecule has 0 aliphatic rings. The van der Waals surface area contributed by atoms with Gasteiger partial charge in [-0.2, -0.15) is 0 Å². The van der Waals surface area contributed by atoms with Gasteiger partial charge in [-0.3, -0.25) is 0 Å². The minimum Gasteiger partial charge on any atom is -0.466 e. The molecule has 11 heavy (non-hydrogen) atoms. The molecule has 1 rings (SSSR count). The molecule has 5 heteroatoms.